The second-order valence-electron chi connectivity index (χ2n) is 3.98. The van der Waals surface area contributed by atoms with Gasteiger partial charge in [-0.3, -0.25) is 0 Å². The van der Waals surface area contributed by atoms with Gasteiger partial charge in [0.25, 0.3) is 0 Å². The highest BCUT2D eigenvalue weighted by Crippen LogP contribution is 2.11. The summed E-state index contributed by atoms with van der Waals surface area (Å²) in [5, 5.41) is 13.8. The molecule has 1 rings (SSSR count). The molecule has 0 radical (unpaired) electrons. The number of urea groups is 1. The molecule has 1 aromatic rings. The van der Waals surface area contributed by atoms with E-state index in [1.807, 2.05) is 12.1 Å². The normalized spacial score (nSPS) is 11.5. The molecule has 0 aliphatic carbocycles. The number of aliphatic carboxylic acids is 1. The molecule has 3 N–H and O–H groups in total. The molecular weight excluding hydrogens is 248 g/mol. The predicted octanol–water partition coefficient (Wildman–Crippen LogP) is 1.36. The standard InChI is InChI=1S/C13H18N2O4/c1-3-11(12(16)17)15-13(18)14-8-9-5-4-6-10(7-9)19-2/h4-7,11H,3,8H2,1-2H3,(H,16,17)(H2,14,15,18). The van der Waals surface area contributed by atoms with Gasteiger partial charge in [0.15, 0.2) is 0 Å². The van der Waals surface area contributed by atoms with Gasteiger partial charge in [-0.25, -0.2) is 9.59 Å². The Kier molecular flexibility index (Phi) is 5.66. The molecule has 104 valence electrons. The van der Waals surface area contributed by atoms with Crippen LogP contribution in [-0.4, -0.2) is 30.3 Å². The average molecular weight is 266 g/mol. The van der Waals surface area contributed by atoms with Crippen LogP contribution in [0.5, 0.6) is 5.75 Å². The molecule has 6 nitrogen and oxygen atoms in total. The van der Waals surface area contributed by atoms with Gasteiger partial charge in [-0.05, 0) is 24.1 Å². The van der Waals surface area contributed by atoms with E-state index in [2.05, 4.69) is 10.6 Å². The first-order valence-electron chi connectivity index (χ1n) is 5.97. The van der Waals surface area contributed by atoms with Gasteiger partial charge >= 0.3 is 12.0 Å². The summed E-state index contributed by atoms with van der Waals surface area (Å²) in [6.07, 6.45) is 0.335. The maximum Gasteiger partial charge on any atom is 0.326 e. The first-order chi connectivity index (χ1) is 9.06. The summed E-state index contributed by atoms with van der Waals surface area (Å²) < 4.78 is 5.07. The van der Waals surface area contributed by atoms with Crippen LogP contribution in [0.3, 0.4) is 0 Å². The lowest BCUT2D eigenvalue weighted by molar-refractivity contribution is -0.139. The van der Waals surface area contributed by atoms with Crippen molar-refractivity contribution < 1.29 is 19.4 Å². The molecule has 0 heterocycles. The molecule has 0 aliphatic rings. The molecule has 0 aromatic heterocycles. The summed E-state index contributed by atoms with van der Waals surface area (Å²) in [6.45, 7) is 2.00. The molecule has 19 heavy (non-hydrogen) atoms. The number of carboxylic acid groups (broad SMARTS) is 1. The van der Waals surface area contributed by atoms with Gasteiger partial charge in [-0.2, -0.15) is 0 Å². The van der Waals surface area contributed by atoms with E-state index in [9.17, 15) is 9.59 Å². The quantitative estimate of drug-likeness (QED) is 0.725. The highest BCUT2D eigenvalue weighted by molar-refractivity contribution is 5.82. The summed E-state index contributed by atoms with van der Waals surface area (Å²) in [7, 11) is 1.57. The molecule has 6 heteroatoms. The van der Waals surface area contributed by atoms with Crippen molar-refractivity contribution in [2.24, 2.45) is 0 Å². The Labute approximate surface area is 111 Å². The van der Waals surface area contributed by atoms with E-state index in [4.69, 9.17) is 9.84 Å². The smallest absolute Gasteiger partial charge is 0.326 e. The summed E-state index contributed by atoms with van der Waals surface area (Å²) in [5.74, 6) is -0.337. The molecule has 0 fully saturated rings. The maximum atomic E-state index is 11.5. The molecule has 1 unspecified atom stereocenters. The van der Waals surface area contributed by atoms with E-state index in [1.54, 1.807) is 26.2 Å². The highest BCUT2D eigenvalue weighted by atomic mass is 16.5. The first-order valence-corrected chi connectivity index (χ1v) is 5.97. The summed E-state index contributed by atoms with van der Waals surface area (Å²) in [4.78, 5) is 22.3. The number of benzene rings is 1. The summed E-state index contributed by atoms with van der Waals surface area (Å²) in [6, 6.07) is 5.90. The Morgan fingerprint density at radius 1 is 1.42 bits per heavy atom. The monoisotopic (exact) mass is 266 g/mol. The van der Waals surface area contributed by atoms with Crippen molar-refractivity contribution in [2.45, 2.75) is 25.9 Å². The Balaban J connectivity index is 2.47. The SMILES string of the molecule is CCC(NC(=O)NCc1cccc(OC)c1)C(=O)O. The number of nitrogens with one attached hydrogen (secondary N) is 2. The fourth-order valence-electron chi connectivity index (χ4n) is 1.51. The molecule has 1 aromatic carbocycles. The van der Waals surface area contributed by atoms with Gasteiger partial charge in [-0.15, -0.1) is 0 Å². The van der Waals surface area contributed by atoms with Crippen LogP contribution in [0.2, 0.25) is 0 Å². The van der Waals surface area contributed by atoms with Crippen molar-refractivity contribution in [3.8, 4) is 5.75 Å². The Bertz CT molecular complexity index is 448. The summed E-state index contributed by atoms with van der Waals surface area (Å²) >= 11 is 0. The van der Waals surface area contributed by atoms with Gasteiger partial charge < -0.3 is 20.5 Å². The van der Waals surface area contributed by atoms with Gasteiger partial charge in [0.1, 0.15) is 11.8 Å². The van der Waals surface area contributed by atoms with Crippen LogP contribution in [0.15, 0.2) is 24.3 Å². The number of amides is 2. The van der Waals surface area contributed by atoms with Crippen LogP contribution in [0.25, 0.3) is 0 Å². The van der Waals surface area contributed by atoms with E-state index < -0.39 is 18.0 Å². The largest absolute Gasteiger partial charge is 0.497 e. The molecule has 0 saturated heterocycles. The van der Waals surface area contributed by atoms with Crippen molar-refractivity contribution in [3.05, 3.63) is 29.8 Å². The number of rotatable bonds is 6. The zero-order valence-corrected chi connectivity index (χ0v) is 11.0. The number of methoxy groups -OCH3 is 1. The second-order valence-corrected chi connectivity index (χ2v) is 3.98. The first kappa shape index (κ1) is 14.8. The molecule has 1 atom stereocenters. The number of hydrogen-bond donors (Lipinski definition) is 3. The van der Waals surface area contributed by atoms with E-state index >= 15 is 0 Å². The van der Waals surface area contributed by atoms with Crippen LogP contribution in [0.1, 0.15) is 18.9 Å². The van der Waals surface area contributed by atoms with E-state index in [0.29, 0.717) is 18.7 Å². The number of carbonyl (C=O) groups is 2. The number of carbonyl (C=O) groups excluding carboxylic acids is 1. The fourth-order valence-corrected chi connectivity index (χ4v) is 1.51. The maximum absolute atomic E-state index is 11.5. The molecule has 0 saturated carbocycles. The molecule has 0 spiro atoms. The number of carboxylic acids is 1. The van der Waals surface area contributed by atoms with Crippen LogP contribution in [0.4, 0.5) is 4.79 Å². The zero-order chi connectivity index (χ0) is 14.3. The average Bonchev–Trinajstić information content (AvgIpc) is 2.42. The Morgan fingerprint density at radius 2 is 2.16 bits per heavy atom. The lowest BCUT2D eigenvalue weighted by Gasteiger charge is -2.13. The second kappa shape index (κ2) is 7.25. The molecule has 0 bridgehead atoms. The lowest BCUT2D eigenvalue weighted by Crippen LogP contribution is -2.45. The van der Waals surface area contributed by atoms with Crippen molar-refractivity contribution >= 4 is 12.0 Å². The Morgan fingerprint density at radius 3 is 2.74 bits per heavy atom. The van der Waals surface area contributed by atoms with Crippen molar-refractivity contribution in [1.82, 2.24) is 10.6 Å². The van der Waals surface area contributed by atoms with E-state index in [-0.39, 0.29) is 0 Å². The van der Waals surface area contributed by atoms with Gasteiger partial charge in [-0.1, -0.05) is 19.1 Å². The fraction of sp³-hybridized carbons (Fsp3) is 0.385. The molecular formula is C13H18N2O4. The van der Waals surface area contributed by atoms with Gasteiger partial charge in [0.2, 0.25) is 0 Å². The number of ether oxygens (including phenoxy) is 1. The Hall–Kier alpha value is -2.24. The summed E-state index contributed by atoms with van der Waals surface area (Å²) in [5.41, 5.74) is 0.873. The minimum absolute atomic E-state index is 0.305. The van der Waals surface area contributed by atoms with Crippen LogP contribution in [0, 0.1) is 0 Å². The third-order valence-corrected chi connectivity index (χ3v) is 2.60. The van der Waals surface area contributed by atoms with Crippen molar-refractivity contribution in [2.75, 3.05) is 7.11 Å². The van der Waals surface area contributed by atoms with Gasteiger partial charge in [0.05, 0.1) is 7.11 Å². The third kappa shape index (κ3) is 4.87. The zero-order valence-electron chi connectivity index (χ0n) is 11.0. The van der Waals surface area contributed by atoms with Crippen molar-refractivity contribution in [1.29, 1.82) is 0 Å². The minimum Gasteiger partial charge on any atom is -0.497 e. The molecule has 2 amide bonds. The van der Waals surface area contributed by atoms with Crippen molar-refractivity contribution in [3.63, 3.8) is 0 Å². The molecule has 0 aliphatic heterocycles. The van der Waals surface area contributed by atoms with E-state index in [1.165, 1.54) is 0 Å². The van der Waals surface area contributed by atoms with E-state index in [0.717, 1.165) is 5.56 Å². The third-order valence-electron chi connectivity index (χ3n) is 2.60. The lowest BCUT2D eigenvalue weighted by atomic mass is 10.2. The number of hydrogen-bond acceptors (Lipinski definition) is 3. The van der Waals surface area contributed by atoms with Crippen LogP contribution >= 0.6 is 0 Å². The minimum atomic E-state index is -1.04. The predicted molar refractivity (Wildman–Crippen MR) is 70.1 cm³/mol. The topological polar surface area (TPSA) is 87.7 Å². The van der Waals surface area contributed by atoms with Crippen LogP contribution < -0.4 is 15.4 Å². The van der Waals surface area contributed by atoms with Gasteiger partial charge in [0, 0.05) is 6.54 Å². The highest BCUT2D eigenvalue weighted by Gasteiger charge is 2.16. The van der Waals surface area contributed by atoms with Crippen LogP contribution in [-0.2, 0) is 11.3 Å².